The summed E-state index contributed by atoms with van der Waals surface area (Å²) < 4.78 is 0. The number of carbonyl (C=O) groups is 2. The molecule has 3 aliphatic rings. The topological polar surface area (TPSA) is 43.9 Å². The first-order chi connectivity index (χ1) is 17.0. The zero-order valence-electron chi connectivity index (χ0n) is 20.2. The van der Waals surface area contributed by atoms with Crippen LogP contribution in [0.25, 0.3) is 5.57 Å². The van der Waals surface area contributed by atoms with Crippen molar-refractivity contribution in [2.75, 3.05) is 39.3 Å². The Morgan fingerprint density at radius 3 is 2.34 bits per heavy atom. The number of benzene rings is 2. The molecular formula is C29H32ClN3O2. The van der Waals surface area contributed by atoms with Crippen LogP contribution in [0.1, 0.15) is 46.0 Å². The second kappa shape index (κ2) is 10.4. The van der Waals surface area contributed by atoms with E-state index in [1.165, 1.54) is 0 Å². The smallest absolute Gasteiger partial charge is 0.254 e. The Labute approximate surface area is 212 Å². The van der Waals surface area contributed by atoms with Crippen LogP contribution in [0.5, 0.6) is 0 Å². The lowest BCUT2D eigenvalue weighted by Gasteiger charge is -2.38. The summed E-state index contributed by atoms with van der Waals surface area (Å²) in [5.74, 6) is 0.719. The van der Waals surface area contributed by atoms with Gasteiger partial charge in [-0.3, -0.25) is 14.5 Å². The van der Waals surface area contributed by atoms with Crippen LogP contribution in [-0.2, 0) is 0 Å². The van der Waals surface area contributed by atoms with Crippen molar-refractivity contribution in [3.63, 3.8) is 0 Å². The number of rotatable bonds is 4. The van der Waals surface area contributed by atoms with Crippen molar-refractivity contribution in [1.82, 2.24) is 14.7 Å². The van der Waals surface area contributed by atoms with Crippen molar-refractivity contribution in [2.45, 2.75) is 25.8 Å². The van der Waals surface area contributed by atoms with E-state index in [4.69, 9.17) is 11.6 Å². The van der Waals surface area contributed by atoms with Crippen LogP contribution in [0.2, 0.25) is 5.02 Å². The van der Waals surface area contributed by atoms with Crippen LogP contribution < -0.4 is 0 Å². The van der Waals surface area contributed by atoms with Crippen molar-refractivity contribution in [1.29, 1.82) is 0 Å². The fourth-order valence-electron chi connectivity index (χ4n) is 5.31. The maximum absolute atomic E-state index is 13.5. The van der Waals surface area contributed by atoms with Gasteiger partial charge in [-0.25, -0.2) is 0 Å². The zero-order valence-corrected chi connectivity index (χ0v) is 21.0. The summed E-state index contributed by atoms with van der Waals surface area (Å²) in [5, 5.41) is 0.636. The molecule has 0 radical (unpaired) electrons. The van der Waals surface area contributed by atoms with Crippen LogP contribution in [0, 0.1) is 5.92 Å². The minimum absolute atomic E-state index is 0.0649. The molecule has 0 N–H and O–H groups in total. The molecule has 0 spiro atoms. The summed E-state index contributed by atoms with van der Waals surface area (Å²) in [6, 6.07) is 15.4. The van der Waals surface area contributed by atoms with Crippen LogP contribution in [0.15, 0.2) is 66.8 Å². The Hall–Kier alpha value is -2.89. The molecule has 2 fully saturated rings. The van der Waals surface area contributed by atoms with Crippen molar-refractivity contribution in [3.05, 3.63) is 88.5 Å². The van der Waals surface area contributed by atoms with Gasteiger partial charge >= 0.3 is 0 Å². The lowest BCUT2D eigenvalue weighted by molar-refractivity contribution is 0.0568. The molecule has 0 saturated carbocycles. The van der Waals surface area contributed by atoms with Crippen LogP contribution in [0.4, 0.5) is 0 Å². The number of likely N-dealkylation sites (tertiary alicyclic amines) is 1. The molecule has 1 unspecified atom stereocenters. The number of carbonyl (C=O) groups excluding carboxylic acids is 2. The van der Waals surface area contributed by atoms with E-state index in [1.54, 1.807) is 24.3 Å². The zero-order chi connectivity index (χ0) is 24.4. The van der Waals surface area contributed by atoms with Crippen molar-refractivity contribution < 1.29 is 9.59 Å². The van der Waals surface area contributed by atoms with Crippen LogP contribution in [0.3, 0.4) is 0 Å². The van der Waals surface area contributed by atoms with Crippen molar-refractivity contribution in [2.24, 2.45) is 5.92 Å². The Balaban J connectivity index is 1.19. The predicted octanol–water partition coefficient (Wildman–Crippen LogP) is 4.99. The summed E-state index contributed by atoms with van der Waals surface area (Å²) >= 11 is 5.96. The quantitative estimate of drug-likeness (QED) is 0.607. The van der Waals surface area contributed by atoms with Gasteiger partial charge in [0.05, 0.1) is 0 Å². The third-order valence-corrected chi connectivity index (χ3v) is 7.69. The van der Waals surface area contributed by atoms with Crippen LogP contribution >= 0.6 is 11.6 Å². The largest absolute Gasteiger partial charge is 0.337 e. The van der Waals surface area contributed by atoms with Gasteiger partial charge in [0.2, 0.25) is 0 Å². The molecular weight excluding hydrogens is 458 g/mol. The summed E-state index contributed by atoms with van der Waals surface area (Å²) in [7, 11) is 0. The highest BCUT2D eigenvalue weighted by molar-refractivity contribution is 6.30. The average molecular weight is 490 g/mol. The third kappa shape index (κ3) is 5.21. The molecule has 5 rings (SSSR count). The molecule has 2 saturated heterocycles. The molecule has 35 heavy (non-hydrogen) atoms. The van der Waals surface area contributed by atoms with E-state index < -0.39 is 0 Å². The summed E-state index contributed by atoms with van der Waals surface area (Å²) in [6.45, 7) is 6.79. The molecule has 1 aliphatic carbocycles. The first-order valence-electron chi connectivity index (χ1n) is 12.6. The minimum Gasteiger partial charge on any atom is -0.337 e. The average Bonchev–Trinajstić information content (AvgIpc) is 3.39. The van der Waals surface area contributed by atoms with E-state index >= 15 is 0 Å². The fraction of sp³-hybridized carbons (Fsp3) is 0.379. The molecule has 2 aromatic rings. The molecule has 5 nitrogen and oxygen atoms in total. The summed E-state index contributed by atoms with van der Waals surface area (Å²) in [6.07, 6.45) is 8.58. The molecule has 2 amide bonds. The Kier molecular flexibility index (Phi) is 7.07. The second-order valence-corrected chi connectivity index (χ2v) is 10.2. The fourth-order valence-corrected chi connectivity index (χ4v) is 5.43. The first-order valence-corrected chi connectivity index (χ1v) is 12.9. The number of nitrogens with zero attached hydrogens (tertiary/aromatic N) is 3. The third-order valence-electron chi connectivity index (χ3n) is 7.44. The van der Waals surface area contributed by atoms with Gasteiger partial charge in [0.15, 0.2) is 0 Å². The summed E-state index contributed by atoms with van der Waals surface area (Å²) in [4.78, 5) is 32.7. The lowest BCUT2D eigenvalue weighted by Crippen LogP contribution is -2.52. The number of hydrogen-bond acceptors (Lipinski definition) is 3. The van der Waals surface area contributed by atoms with E-state index in [2.05, 4.69) is 36.1 Å². The maximum Gasteiger partial charge on any atom is 0.254 e. The van der Waals surface area contributed by atoms with Gasteiger partial charge in [-0.1, -0.05) is 55.0 Å². The minimum atomic E-state index is 0.0649. The van der Waals surface area contributed by atoms with Crippen molar-refractivity contribution >= 4 is 29.0 Å². The predicted molar refractivity (Wildman–Crippen MR) is 141 cm³/mol. The molecule has 2 aliphatic heterocycles. The van der Waals surface area contributed by atoms with Crippen molar-refractivity contribution in [3.8, 4) is 0 Å². The Bertz CT molecular complexity index is 1150. The van der Waals surface area contributed by atoms with Gasteiger partial charge in [-0.15, -0.1) is 0 Å². The van der Waals surface area contributed by atoms with Gasteiger partial charge in [-0.05, 0) is 60.2 Å². The number of hydrogen-bond donors (Lipinski definition) is 0. The van der Waals surface area contributed by atoms with Gasteiger partial charge < -0.3 is 9.80 Å². The van der Waals surface area contributed by atoms with Gasteiger partial charge in [0, 0.05) is 61.5 Å². The highest BCUT2D eigenvalue weighted by Gasteiger charge is 2.33. The standard InChI is InChI=1S/C29H32ClN3O2/c1-21-6-8-22(9-7-21)26-4-2-3-5-27(26)29(35)32-18-16-31(17-19-32)25-14-15-33(20-25)28(34)23-10-12-24(30)13-11-23/h2-6,8-13,21,25H,7,14-20H2,1H3/t21?,25-/m1/s1. The highest BCUT2D eigenvalue weighted by Crippen LogP contribution is 2.28. The number of allylic oxidation sites excluding steroid dienone is 4. The van der Waals surface area contributed by atoms with Gasteiger partial charge in [0.1, 0.15) is 0 Å². The lowest BCUT2D eigenvalue weighted by atomic mass is 9.91. The summed E-state index contributed by atoms with van der Waals surface area (Å²) in [5.41, 5.74) is 3.63. The number of halogens is 1. The van der Waals surface area contributed by atoms with E-state index in [-0.39, 0.29) is 11.8 Å². The monoisotopic (exact) mass is 489 g/mol. The van der Waals surface area contributed by atoms with Crippen LogP contribution in [-0.4, -0.2) is 71.8 Å². The van der Waals surface area contributed by atoms with E-state index in [9.17, 15) is 9.59 Å². The normalized spacial score (nSPS) is 22.9. The first kappa shape index (κ1) is 23.8. The molecule has 2 atom stereocenters. The number of amides is 2. The second-order valence-electron chi connectivity index (χ2n) is 9.81. The maximum atomic E-state index is 13.5. The van der Waals surface area contributed by atoms with Gasteiger partial charge in [-0.2, -0.15) is 0 Å². The van der Waals surface area contributed by atoms with E-state index in [0.717, 1.165) is 55.7 Å². The molecule has 182 valence electrons. The van der Waals surface area contributed by atoms with Gasteiger partial charge in [0.25, 0.3) is 11.8 Å². The molecule has 0 bridgehead atoms. The molecule has 0 aromatic heterocycles. The van der Waals surface area contributed by atoms with E-state index in [1.807, 2.05) is 28.0 Å². The number of piperazine rings is 1. The Morgan fingerprint density at radius 1 is 0.886 bits per heavy atom. The highest BCUT2D eigenvalue weighted by atomic mass is 35.5. The Morgan fingerprint density at radius 2 is 1.63 bits per heavy atom. The molecule has 6 heteroatoms. The van der Waals surface area contributed by atoms with E-state index in [0.29, 0.717) is 35.6 Å². The molecule has 2 aromatic carbocycles. The molecule has 2 heterocycles. The SMILES string of the molecule is CC1C=CC(c2ccccc2C(=O)N2CCN([C@@H]3CCN(C(=O)c4ccc(Cl)cc4)C3)CC2)=CC1.